The van der Waals surface area contributed by atoms with Gasteiger partial charge < -0.3 is 10.2 Å². The number of nitrogen functional groups attached to an aromatic ring is 1. The van der Waals surface area contributed by atoms with Gasteiger partial charge in [0.1, 0.15) is 5.52 Å². The Morgan fingerprint density at radius 2 is 1.95 bits per heavy atom. The fourth-order valence-corrected chi connectivity index (χ4v) is 2.35. The van der Waals surface area contributed by atoms with Crippen LogP contribution in [0.25, 0.3) is 22.6 Å². The highest BCUT2D eigenvalue weighted by Crippen LogP contribution is 2.34. The van der Waals surface area contributed by atoms with Crippen LogP contribution < -0.4 is 5.73 Å². The van der Waals surface area contributed by atoms with Gasteiger partial charge in [-0.15, -0.1) is 0 Å². The first-order chi connectivity index (χ1) is 9.04. The molecule has 0 unspecified atom stereocenters. The molecule has 1 aromatic heterocycles. The summed E-state index contributed by atoms with van der Waals surface area (Å²) in [6, 6.07) is 8.91. The van der Waals surface area contributed by atoms with E-state index in [1.807, 2.05) is 19.1 Å². The Balaban J connectivity index is 2.26. The zero-order chi connectivity index (χ0) is 13.6. The third-order valence-electron chi connectivity index (χ3n) is 2.82. The van der Waals surface area contributed by atoms with Crippen molar-refractivity contribution < 1.29 is 4.42 Å². The quantitative estimate of drug-likeness (QED) is 0.662. The molecule has 2 N–H and O–H groups in total. The summed E-state index contributed by atoms with van der Waals surface area (Å²) >= 11 is 12.1. The first kappa shape index (κ1) is 12.3. The van der Waals surface area contributed by atoms with Crippen molar-refractivity contribution in [3.8, 4) is 11.5 Å². The summed E-state index contributed by atoms with van der Waals surface area (Å²) in [6.07, 6.45) is 0. The lowest BCUT2D eigenvalue weighted by Gasteiger charge is -1.99. The Morgan fingerprint density at radius 1 is 1.16 bits per heavy atom. The zero-order valence-electron chi connectivity index (χ0n) is 10.1. The van der Waals surface area contributed by atoms with Crippen LogP contribution in [0, 0.1) is 6.92 Å². The molecule has 19 heavy (non-hydrogen) atoms. The summed E-state index contributed by atoms with van der Waals surface area (Å²) in [5.41, 5.74) is 9.45. The van der Waals surface area contributed by atoms with E-state index in [9.17, 15) is 0 Å². The number of aromatic nitrogens is 1. The maximum atomic E-state index is 6.14. The van der Waals surface area contributed by atoms with Gasteiger partial charge in [-0.25, -0.2) is 4.98 Å². The number of fused-ring (bicyclic) bond motifs is 1. The molecule has 0 spiro atoms. The van der Waals surface area contributed by atoms with Crippen molar-refractivity contribution in [3.63, 3.8) is 0 Å². The molecule has 0 saturated heterocycles. The maximum Gasteiger partial charge on any atom is 0.228 e. The highest BCUT2D eigenvalue weighted by atomic mass is 35.5. The lowest BCUT2D eigenvalue weighted by Crippen LogP contribution is -1.86. The molecule has 0 amide bonds. The first-order valence-corrected chi connectivity index (χ1v) is 6.42. The van der Waals surface area contributed by atoms with Gasteiger partial charge in [0.2, 0.25) is 5.89 Å². The molecule has 0 atom stereocenters. The molecule has 3 aromatic rings. The van der Waals surface area contributed by atoms with Crippen LogP contribution in [-0.4, -0.2) is 4.98 Å². The number of benzene rings is 2. The fraction of sp³-hybridized carbons (Fsp3) is 0.0714. The molecule has 0 fully saturated rings. The summed E-state index contributed by atoms with van der Waals surface area (Å²) in [7, 11) is 0. The van der Waals surface area contributed by atoms with Crippen LogP contribution in [-0.2, 0) is 0 Å². The van der Waals surface area contributed by atoms with Gasteiger partial charge in [-0.1, -0.05) is 23.2 Å². The number of hydrogen-bond donors (Lipinski definition) is 1. The normalized spacial score (nSPS) is 11.1. The first-order valence-electron chi connectivity index (χ1n) is 5.66. The van der Waals surface area contributed by atoms with Crippen molar-refractivity contribution in [2.45, 2.75) is 6.92 Å². The van der Waals surface area contributed by atoms with Crippen LogP contribution in [0.1, 0.15) is 5.56 Å². The van der Waals surface area contributed by atoms with Gasteiger partial charge in [0.15, 0.2) is 5.58 Å². The number of nitrogens with two attached hydrogens (primary N) is 1. The largest absolute Gasteiger partial charge is 0.434 e. The average Bonchev–Trinajstić information content (AvgIpc) is 2.76. The topological polar surface area (TPSA) is 52.0 Å². The molecule has 3 rings (SSSR count). The second kappa shape index (κ2) is 4.44. The van der Waals surface area contributed by atoms with Crippen LogP contribution in [0.3, 0.4) is 0 Å². The highest BCUT2D eigenvalue weighted by molar-refractivity contribution is 6.35. The predicted octanol–water partition coefficient (Wildman–Crippen LogP) is 4.69. The predicted molar refractivity (Wildman–Crippen MR) is 78.6 cm³/mol. The van der Waals surface area contributed by atoms with Gasteiger partial charge in [0, 0.05) is 5.02 Å². The van der Waals surface area contributed by atoms with Gasteiger partial charge in [-0.3, -0.25) is 0 Å². The molecule has 0 aliphatic carbocycles. The van der Waals surface area contributed by atoms with Crippen LogP contribution in [0.15, 0.2) is 34.7 Å². The van der Waals surface area contributed by atoms with Crippen molar-refractivity contribution in [1.29, 1.82) is 0 Å². The third-order valence-corrected chi connectivity index (χ3v) is 3.39. The minimum Gasteiger partial charge on any atom is -0.434 e. The molecular weight excluding hydrogens is 283 g/mol. The number of oxazole rings is 1. The van der Waals surface area contributed by atoms with Gasteiger partial charge in [-0.05, 0) is 42.8 Å². The number of hydrogen-bond acceptors (Lipinski definition) is 3. The molecular formula is C14H10Cl2N2O. The van der Waals surface area contributed by atoms with Crippen LogP contribution in [0.4, 0.5) is 5.69 Å². The summed E-state index contributed by atoms with van der Waals surface area (Å²) < 4.78 is 5.70. The monoisotopic (exact) mass is 292 g/mol. The second-order valence-electron chi connectivity index (χ2n) is 4.35. The van der Waals surface area contributed by atoms with Crippen molar-refractivity contribution in [2.75, 3.05) is 5.73 Å². The highest BCUT2D eigenvalue weighted by Gasteiger charge is 2.14. The molecule has 1 heterocycles. The summed E-state index contributed by atoms with van der Waals surface area (Å²) in [5, 5.41) is 1.11. The van der Waals surface area contributed by atoms with E-state index >= 15 is 0 Å². The van der Waals surface area contributed by atoms with E-state index in [1.54, 1.807) is 18.2 Å². The summed E-state index contributed by atoms with van der Waals surface area (Å²) in [4.78, 5) is 4.42. The average molecular weight is 293 g/mol. The molecule has 2 aromatic carbocycles. The van der Waals surface area contributed by atoms with Crippen LogP contribution >= 0.6 is 23.2 Å². The Kier molecular flexibility index (Phi) is 2.88. The minimum absolute atomic E-state index is 0.416. The van der Waals surface area contributed by atoms with E-state index in [2.05, 4.69) is 4.98 Å². The Hall–Kier alpha value is -1.71. The fourth-order valence-electron chi connectivity index (χ4n) is 1.98. The van der Waals surface area contributed by atoms with Crippen LogP contribution in [0.2, 0.25) is 10.0 Å². The van der Waals surface area contributed by atoms with E-state index < -0.39 is 0 Å². The van der Waals surface area contributed by atoms with Gasteiger partial charge in [0.05, 0.1) is 16.3 Å². The number of aryl methyl sites for hydroxylation is 1. The van der Waals surface area contributed by atoms with E-state index in [1.165, 1.54) is 0 Å². The van der Waals surface area contributed by atoms with Crippen molar-refractivity contribution in [1.82, 2.24) is 4.98 Å². The molecule has 0 aliphatic heterocycles. The number of nitrogens with zero attached hydrogens (tertiary/aromatic N) is 1. The molecule has 5 heteroatoms. The minimum atomic E-state index is 0.416. The van der Waals surface area contributed by atoms with Gasteiger partial charge in [-0.2, -0.15) is 0 Å². The lowest BCUT2D eigenvalue weighted by atomic mass is 10.2. The van der Waals surface area contributed by atoms with Gasteiger partial charge >= 0.3 is 0 Å². The zero-order valence-corrected chi connectivity index (χ0v) is 11.6. The molecule has 3 nitrogen and oxygen atoms in total. The second-order valence-corrected chi connectivity index (χ2v) is 5.19. The number of rotatable bonds is 1. The molecule has 96 valence electrons. The Bertz CT molecular complexity index is 780. The number of anilines is 1. The van der Waals surface area contributed by atoms with Crippen molar-refractivity contribution >= 4 is 40.0 Å². The van der Waals surface area contributed by atoms with E-state index in [4.69, 9.17) is 33.4 Å². The molecule has 0 aliphatic rings. The molecule has 0 saturated carbocycles. The molecule has 0 bridgehead atoms. The third kappa shape index (κ3) is 2.15. The lowest BCUT2D eigenvalue weighted by molar-refractivity contribution is 0.621. The summed E-state index contributed by atoms with van der Waals surface area (Å²) in [6.45, 7) is 1.95. The van der Waals surface area contributed by atoms with Crippen LogP contribution in [0.5, 0.6) is 0 Å². The Morgan fingerprint density at radius 3 is 2.74 bits per heavy atom. The standard InChI is InChI=1S/C14H10Cl2N2O/c1-7-4-11(17)13-12(5-7)18-14(19-13)9-6-8(15)2-3-10(9)16/h2-6H,17H2,1H3. The molecule has 0 radical (unpaired) electrons. The maximum absolute atomic E-state index is 6.14. The van der Waals surface area contributed by atoms with Crippen molar-refractivity contribution in [2.24, 2.45) is 0 Å². The van der Waals surface area contributed by atoms with E-state index in [0.29, 0.717) is 38.3 Å². The smallest absolute Gasteiger partial charge is 0.228 e. The Labute approximate surface area is 119 Å². The van der Waals surface area contributed by atoms with E-state index in [-0.39, 0.29) is 0 Å². The van der Waals surface area contributed by atoms with Gasteiger partial charge in [0.25, 0.3) is 0 Å². The van der Waals surface area contributed by atoms with Crippen molar-refractivity contribution in [3.05, 3.63) is 45.9 Å². The van der Waals surface area contributed by atoms with E-state index in [0.717, 1.165) is 5.56 Å². The number of halogens is 2. The summed E-state index contributed by atoms with van der Waals surface area (Å²) in [5.74, 6) is 0.416. The SMILES string of the molecule is Cc1cc(N)c2oc(-c3cc(Cl)ccc3Cl)nc2c1.